The molecule has 0 unspecified atom stereocenters. The van der Waals surface area contributed by atoms with Gasteiger partial charge < -0.3 is 9.84 Å². The Hall–Kier alpha value is -0.770. The van der Waals surface area contributed by atoms with E-state index in [9.17, 15) is 4.79 Å². The number of aliphatic carboxylic acids is 1. The zero-order valence-electron chi connectivity index (χ0n) is 8.58. The molecule has 1 aromatic carbocycles. The summed E-state index contributed by atoms with van der Waals surface area (Å²) in [7, 11) is 0. The van der Waals surface area contributed by atoms with Crippen LogP contribution in [0.1, 0.15) is 12.0 Å². The molecule has 3 nitrogen and oxygen atoms in total. The normalized spacial score (nSPS) is 10.4. The first-order valence-corrected chi connectivity index (χ1v) is 5.59. The molecule has 0 fully saturated rings. The van der Waals surface area contributed by atoms with Crippen LogP contribution < -0.4 is 0 Å². The number of halogens is 2. The molecule has 1 aromatic rings. The number of hydrogen-bond donors (Lipinski definition) is 1. The summed E-state index contributed by atoms with van der Waals surface area (Å²) in [6.07, 6.45) is 0.641. The highest BCUT2D eigenvalue weighted by Crippen LogP contribution is 2.25. The minimum absolute atomic E-state index is 0.0171. The maximum atomic E-state index is 10.2. The molecule has 5 heteroatoms. The van der Waals surface area contributed by atoms with Gasteiger partial charge >= 0.3 is 5.97 Å². The molecule has 0 radical (unpaired) electrons. The Morgan fingerprint density at radius 1 is 1.31 bits per heavy atom. The molecule has 88 valence electrons. The number of ether oxygens (including phenoxy) is 1. The van der Waals surface area contributed by atoms with Crippen molar-refractivity contribution in [2.24, 2.45) is 0 Å². The van der Waals surface area contributed by atoms with Gasteiger partial charge in [-0.1, -0.05) is 35.3 Å². The van der Waals surface area contributed by atoms with Crippen LogP contribution in [-0.2, 0) is 16.0 Å². The maximum absolute atomic E-state index is 10.2. The quantitative estimate of drug-likeness (QED) is 0.802. The second kappa shape index (κ2) is 6.74. The third-order valence-corrected chi connectivity index (χ3v) is 2.87. The Morgan fingerprint density at radius 2 is 2.06 bits per heavy atom. The predicted molar refractivity (Wildman–Crippen MR) is 63.2 cm³/mol. The van der Waals surface area contributed by atoms with Crippen LogP contribution >= 0.6 is 23.2 Å². The monoisotopic (exact) mass is 262 g/mol. The van der Waals surface area contributed by atoms with E-state index < -0.39 is 5.97 Å². The summed E-state index contributed by atoms with van der Waals surface area (Å²) in [5.74, 6) is -0.860. The van der Waals surface area contributed by atoms with Gasteiger partial charge in [-0.05, 0) is 18.1 Å². The van der Waals surface area contributed by atoms with Crippen molar-refractivity contribution >= 4 is 29.2 Å². The first-order valence-electron chi connectivity index (χ1n) is 4.83. The molecular formula is C11H12Cl2O3. The lowest BCUT2D eigenvalue weighted by molar-refractivity contribution is -0.138. The minimum Gasteiger partial charge on any atom is -0.481 e. The van der Waals surface area contributed by atoms with E-state index in [1.54, 1.807) is 6.07 Å². The molecule has 0 aliphatic carbocycles. The largest absolute Gasteiger partial charge is 0.481 e. The highest BCUT2D eigenvalue weighted by atomic mass is 35.5. The lowest BCUT2D eigenvalue weighted by Crippen LogP contribution is -2.05. The second-order valence-electron chi connectivity index (χ2n) is 3.22. The molecule has 1 N–H and O–H groups in total. The molecule has 0 bridgehead atoms. The zero-order valence-corrected chi connectivity index (χ0v) is 10.1. The molecule has 0 spiro atoms. The van der Waals surface area contributed by atoms with E-state index in [4.69, 9.17) is 33.0 Å². The first kappa shape index (κ1) is 13.3. The van der Waals surface area contributed by atoms with Crippen LogP contribution in [0, 0.1) is 0 Å². The van der Waals surface area contributed by atoms with E-state index in [0.717, 1.165) is 5.56 Å². The van der Waals surface area contributed by atoms with Crippen molar-refractivity contribution in [3.05, 3.63) is 33.8 Å². The van der Waals surface area contributed by atoms with Crippen molar-refractivity contribution in [2.75, 3.05) is 13.2 Å². The zero-order chi connectivity index (χ0) is 12.0. The van der Waals surface area contributed by atoms with Gasteiger partial charge in [0.2, 0.25) is 0 Å². The number of rotatable bonds is 6. The number of benzene rings is 1. The summed E-state index contributed by atoms with van der Waals surface area (Å²) in [5, 5.41) is 9.44. The fraction of sp³-hybridized carbons (Fsp3) is 0.364. The minimum atomic E-state index is -0.860. The summed E-state index contributed by atoms with van der Waals surface area (Å²) < 4.78 is 5.16. The number of carboxylic acids is 1. The van der Waals surface area contributed by atoms with E-state index in [0.29, 0.717) is 23.1 Å². The van der Waals surface area contributed by atoms with Gasteiger partial charge in [0.25, 0.3) is 0 Å². The molecule has 1 rings (SSSR count). The van der Waals surface area contributed by atoms with Crippen molar-refractivity contribution in [1.82, 2.24) is 0 Å². The summed E-state index contributed by atoms with van der Waals surface area (Å²) in [4.78, 5) is 10.2. The lowest BCUT2D eigenvalue weighted by atomic mass is 10.2. The Bertz CT molecular complexity index is 366. The summed E-state index contributed by atoms with van der Waals surface area (Å²) in [5.41, 5.74) is 0.907. The average molecular weight is 263 g/mol. The Kier molecular flexibility index (Phi) is 5.60. The van der Waals surface area contributed by atoms with Gasteiger partial charge in [0, 0.05) is 0 Å². The number of carboxylic acid groups (broad SMARTS) is 1. The predicted octanol–water partition coefficient (Wildman–Crippen LogP) is 3.03. The van der Waals surface area contributed by atoms with E-state index in [-0.39, 0.29) is 13.0 Å². The van der Waals surface area contributed by atoms with E-state index in [2.05, 4.69) is 0 Å². The molecule has 0 aliphatic rings. The third-order valence-electron chi connectivity index (χ3n) is 2.01. The van der Waals surface area contributed by atoms with Crippen molar-refractivity contribution in [3.8, 4) is 0 Å². The van der Waals surface area contributed by atoms with Crippen LogP contribution in [0.15, 0.2) is 18.2 Å². The smallest absolute Gasteiger partial charge is 0.305 e. The summed E-state index contributed by atoms with van der Waals surface area (Å²) in [6, 6.07) is 5.41. The van der Waals surface area contributed by atoms with Crippen LogP contribution in [0.5, 0.6) is 0 Å². The average Bonchev–Trinajstić information content (AvgIpc) is 2.23. The van der Waals surface area contributed by atoms with Gasteiger partial charge in [-0.15, -0.1) is 0 Å². The van der Waals surface area contributed by atoms with Gasteiger partial charge in [-0.25, -0.2) is 0 Å². The van der Waals surface area contributed by atoms with Crippen molar-refractivity contribution in [1.29, 1.82) is 0 Å². The van der Waals surface area contributed by atoms with Crippen LogP contribution in [-0.4, -0.2) is 24.3 Å². The lowest BCUT2D eigenvalue weighted by Gasteiger charge is -2.06. The highest BCUT2D eigenvalue weighted by Gasteiger charge is 2.04. The third kappa shape index (κ3) is 4.39. The molecule has 0 atom stereocenters. The van der Waals surface area contributed by atoms with Gasteiger partial charge in [0.15, 0.2) is 0 Å². The Labute approximate surface area is 104 Å². The van der Waals surface area contributed by atoms with Gasteiger partial charge in [0.1, 0.15) is 0 Å². The molecule has 0 aliphatic heterocycles. The Morgan fingerprint density at radius 3 is 2.75 bits per heavy atom. The van der Waals surface area contributed by atoms with E-state index in [1.165, 1.54) is 0 Å². The molecule has 0 saturated heterocycles. The van der Waals surface area contributed by atoms with E-state index >= 15 is 0 Å². The van der Waals surface area contributed by atoms with Crippen molar-refractivity contribution < 1.29 is 14.6 Å². The van der Waals surface area contributed by atoms with Crippen LogP contribution in [0.25, 0.3) is 0 Å². The van der Waals surface area contributed by atoms with Crippen LogP contribution in [0.2, 0.25) is 10.0 Å². The topological polar surface area (TPSA) is 46.5 Å². The van der Waals surface area contributed by atoms with Gasteiger partial charge in [-0.3, -0.25) is 4.79 Å². The Balaban J connectivity index is 2.32. The van der Waals surface area contributed by atoms with Crippen molar-refractivity contribution in [3.63, 3.8) is 0 Å². The number of hydrogen-bond acceptors (Lipinski definition) is 2. The molecule has 0 heterocycles. The van der Waals surface area contributed by atoms with E-state index in [1.807, 2.05) is 12.1 Å². The van der Waals surface area contributed by atoms with Gasteiger partial charge in [0.05, 0.1) is 29.7 Å². The summed E-state index contributed by atoms with van der Waals surface area (Å²) >= 11 is 11.8. The fourth-order valence-corrected chi connectivity index (χ4v) is 1.60. The standard InChI is InChI=1S/C11H12Cl2O3/c12-9-3-1-2-8(11(9)13)4-6-16-7-5-10(14)15/h1-3H,4-7H2,(H,14,15). The molecule has 0 aromatic heterocycles. The molecule has 16 heavy (non-hydrogen) atoms. The molecular weight excluding hydrogens is 251 g/mol. The molecule has 0 amide bonds. The highest BCUT2D eigenvalue weighted by molar-refractivity contribution is 6.42. The van der Waals surface area contributed by atoms with Crippen LogP contribution in [0.3, 0.4) is 0 Å². The maximum Gasteiger partial charge on any atom is 0.305 e. The molecule has 0 saturated carbocycles. The fourth-order valence-electron chi connectivity index (χ4n) is 1.19. The summed E-state index contributed by atoms with van der Waals surface area (Å²) in [6.45, 7) is 0.654. The van der Waals surface area contributed by atoms with Crippen molar-refractivity contribution in [2.45, 2.75) is 12.8 Å². The van der Waals surface area contributed by atoms with Crippen LogP contribution in [0.4, 0.5) is 0 Å². The van der Waals surface area contributed by atoms with Gasteiger partial charge in [-0.2, -0.15) is 0 Å². The second-order valence-corrected chi connectivity index (χ2v) is 4.00. The first-order chi connectivity index (χ1) is 7.61. The SMILES string of the molecule is O=C(O)CCOCCc1cccc(Cl)c1Cl. The number of carbonyl (C=O) groups is 1.